The van der Waals surface area contributed by atoms with Crippen LogP contribution >= 0.6 is 0 Å². The number of rotatable bonds is 6. The molecular weight excluding hydrogens is 298 g/mol. The second-order valence-corrected chi connectivity index (χ2v) is 9.42. The van der Waals surface area contributed by atoms with Gasteiger partial charge in [-0.3, -0.25) is 4.79 Å². The predicted octanol–water partition coefficient (Wildman–Crippen LogP) is 2.35. The molecule has 0 aliphatic heterocycles. The van der Waals surface area contributed by atoms with E-state index in [1.807, 2.05) is 12.1 Å². The molecule has 1 N–H and O–H groups in total. The Hall–Kier alpha value is -1.36. The fourth-order valence-corrected chi connectivity index (χ4v) is 4.02. The SMILES string of the molecule is Cc1ccccc1C1(CNC(=O)C(C)S(=O)(=O)C(C)C)CC1. The third-order valence-corrected chi connectivity index (χ3v) is 7.20. The van der Waals surface area contributed by atoms with E-state index in [4.69, 9.17) is 0 Å². The van der Waals surface area contributed by atoms with Crippen LogP contribution in [0.2, 0.25) is 0 Å². The molecule has 0 aromatic heterocycles. The van der Waals surface area contributed by atoms with Gasteiger partial charge in [-0.2, -0.15) is 0 Å². The van der Waals surface area contributed by atoms with Gasteiger partial charge in [0.05, 0.1) is 5.25 Å². The predicted molar refractivity (Wildman–Crippen MR) is 88.6 cm³/mol. The summed E-state index contributed by atoms with van der Waals surface area (Å²) in [5, 5.41) is 1.31. The molecule has 5 heteroatoms. The Labute approximate surface area is 133 Å². The van der Waals surface area contributed by atoms with Crippen LogP contribution in [-0.4, -0.2) is 31.4 Å². The molecule has 1 aliphatic carbocycles. The molecule has 2 rings (SSSR count). The third-order valence-electron chi connectivity index (χ3n) is 4.69. The van der Waals surface area contributed by atoms with Crippen molar-refractivity contribution in [2.45, 2.75) is 56.5 Å². The zero-order valence-electron chi connectivity index (χ0n) is 13.7. The van der Waals surface area contributed by atoms with Crippen LogP contribution in [0.15, 0.2) is 24.3 Å². The average Bonchev–Trinajstić information content (AvgIpc) is 3.25. The van der Waals surface area contributed by atoms with E-state index < -0.39 is 26.2 Å². The number of hydrogen-bond acceptors (Lipinski definition) is 3. The quantitative estimate of drug-likeness (QED) is 0.874. The van der Waals surface area contributed by atoms with Crippen LogP contribution in [0.1, 0.15) is 44.7 Å². The minimum atomic E-state index is -3.41. The second-order valence-electron chi connectivity index (χ2n) is 6.59. The van der Waals surface area contributed by atoms with Gasteiger partial charge < -0.3 is 5.32 Å². The number of carbonyl (C=O) groups excluding carboxylic acids is 1. The highest BCUT2D eigenvalue weighted by Crippen LogP contribution is 2.48. The highest BCUT2D eigenvalue weighted by Gasteiger charge is 2.45. The largest absolute Gasteiger partial charge is 0.354 e. The van der Waals surface area contributed by atoms with Crippen molar-refractivity contribution in [2.24, 2.45) is 0 Å². The van der Waals surface area contributed by atoms with Crippen LogP contribution in [0, 0.1) is 6.92 Å². The van der Waals surface area contributed by atoms with Crippen LogP contribution in [0.25, 0.3) is 0 Å². The monoisotopic (exact) mass is 323 g/mol. The summed E-state index contributed by atoms with van der Waals surface area (Å²) in [4.78, 5) is 12.2. The first kappa shape index (κ1) is 17.0. The lowest BCUT2D eigenvalue weighted by Gasteiger charge is -2.21. The summed E-state index contributed by atoms with van der Waals surface area (Å²) in [6, 6.07) is 8.19. The van der Waals surface area contributed by atoms with Gasteiger partial charge in [0.1, 0.15) is 5.25 Å². The molecule has 0 bridgehead atoms. The van der Waals surface area contributed by atoms with Gasteiger partial charge >= 0.3 is 0 Å². The van der Waals surface area contributed by atoms with Gasteiger partial charge in [-0.05, 0) is 51.7 Å². The number of amides is 1. The lowest BCUT2D eigenvalue weighted by atomic mass is 9.92. The molecule has 0 heterocycles. The topological polar surface area (TPSA) is 63.2 Å². The fraction of sp³-hybridized carbons (Fsp3) is 0.588. The summed E-state index contributed by atoms with van der Waals surface area (Å²) < 4.78 is 24.2. The Kier molecular flexibility index (Phi) is 4.66. The van der Waals surface area contributed by atoms with Gasteiger partial charge in [-0.15, -0.1) is 0 Å². The summed E-state index contributed by atoms with van der Waals surface area (Å²) in [5.74, 6) is -0.395. The Balaban J connectivity index is 2.05. The number of carbonyl (C=O) groups is 1. The van der Waals surface area contributed by atoms with Crippen LogP contribution in [-0.2, 0) is 20.0 Å². The molecule has 1 aromatic rings. The zero-order valence-corrected chi connectivity index (χ0v) is 14.5. The van der Waals surface area contributed by atoms with Crippen molar-refractivity contribution in [3.8, 4) is 0 Å². The minimum absolute atomic E-state index is 0.0116. The molecule has 22 heavy (non-hydrogen) atoms. The number of benzene rings is 1. The van der Waals surface area contributed by atoms with Crippen LogP contribution in [0.3, 0.4) is 0 Å². The van der Waals surface area contributed by atoms with Crippen molar-refractivity contribution < 1.29 is 13.2 Å². The maximum Gasteiger partial charge on any atom is 0.238 e. The molecule has 1 unspecified atom stereocenters. The number of aryl methyl sites for hydroxylation is 1. The van der Waals surface area contributed by atoms with E-state index in [1.165, 1.54) is 18.1 Å². The zero-order chi connectivity index (χ0) is 16.5. The molecule has 1 aliphatic rings. The van der Waals surface area contributed by atoms with Crippen molar-refractivity contribution in [1.29, 1.82) is 0 Å². The van der Waals surface area contributed by atoms with Crippen molar-refractivity contribution in [3.05, 3.63) is 35.4 Å². The molecule has 122 valence electrons. The summed E-state index contributed by atoms with van der Waals surface area (Å²) in [5.41, 5.74) is 2.47. The summed E-state index contributed by atoms with van der Waals surface area (Å²) >= 11 is 0. The highest BCUT2D eigenvalue weighted by atomic mass is 32.2. The van der Waals surface area contributed by atoms with Gasteiger partial charge in [0.15, 0.2) is 9.84 Å². The summed E-state index contributed by atoms with van der Waals surface area (Å²) in [7, 11) is -3.41. The lowest BCUT2D eigenvalue weighted by Crippen LogP contribution is -2.43. The van der Waals surface area contributed by atoms with E-state index in [0.717, 1.165) is 12.8 Å². The number of hydrogen-bond donors (Lipinski definition) is 1. The number of nitrogens with one attached hydrogen (secondary N) is 1. The normalized spacial score (nSPS) is 18.0. The molecular formula is C17H25NO3S. The maximum atomic E-state index is 12.2. The van der Waals surface area contributed by atoms with Gasteiger partial charge in [0.25, 0.3) is 0 Å². The smallest absolute Gasteiger partial charge is 0.238 e. The van der Waals surface area contributed by atoms with Crippen molar-refractivity contribution in [1.82, 2.24) is 5.32 Å². The first-order valence-corrected chi connectivity index (χ1v) is 9.38. The maximum absolute atomic E-state index is 12.2. The minimum Gasteiger partial charge on any atom is -0.354 e. The molecule has 1 aromatic carbocycles. The summed E-state index contributed by atoms with van der Waals surface area (Å²) in [6.07, 6.45) is 2.06. The van der Waals surface area contributed by atoms with Crippen molar-refractivity contribution >= 4 is 15.7 Å². The van der Waals surface area contributed by atoms with Gasteiger partial charge in [0, 0.05) is 12.0 Å². The van der Waals surface area contributed by atoms with Gasteiger partial charge in [-0.25, -0.2) is 8.42 Å². The number of sulfone groups is 1. The highest BCUT2D eigenvalue weighted by molar-refractivity contribution is 7.93. The summed E-state index contributed by atoms with van der Waals surface area (Å²) in [6.45, 7) is 7.26. The third kappa shape index (κ3) is 3.19. The fourth-order valence-electron chi connectivity index (χ4n) is 2.82. The molecule has 0 saturated heterocycles. The molecule has 0 spiro atoms. The Morgan fingerprint density at radius 3 is 2.32 bits per heavy atom. The Morgan fingerprint density at radius 2 is 1.82 bits per heavy atom. The van der Waals surface area contributed by atoms with Crippen LogP contribution in [0.5, 0.6) is 0 Å². The molecule has 1 saturated carbocycles. The van der Waals surface area contributed by atoms with E-state index in [1.54, 1.807) is 13.8 Å². The van der Waals surface area contributed by atoms with E-state index in [9.17, 15) is 13.2 Å². The van der Waals surface area contributed by atoms with Crippen LogP contribution < -0.4 is 5.32 Å². The van der Waals surface area contributed by atoms with Crippen molar-refractivity contribution in [2.75, 3.05) is 6.54 Å². The molecule has 4 nitrogen and oxygen atoms in total. The molecule has 1 amide bonds. The molecule has 1 atom stereocenters. The second kappa shape index (κ2) is 6.03. The first-order valence-electron chi connectivity index (χ1n) is 7.77. The molecule has 1 fully saturated rings. The molecule has 0 radical (unpaired) electrons. The average molecular weight is 323 g/mol. The first-order chi connectivity index (χ1) is 10.2. The lowest BCUT2D eigenvalue weighted by molar-refractivity contribution is -0.120. The standard InChI is InChI=1S/C17H25NO3S/c1-12(2)22(20,21)14(4)16(19)18-11-17(9-10-17)15-8-6-5-7-13(15)3/h5-8,12,14H,9-11H2,1-4H3,(H,18,19). The van der Waals surface area contributed by atoms with Crippen LogP contribution in [0.4, 0.5) is 0 Å². The van der Waals surface area contributed by atoms with Gasteiger partial charge in [-0.1, -0.05) is 24.3 Å². The van der Waals surface area contributed by atoms with E-state index in [2.05, 4.69) is 24.4 Å². The van der Waals surface area contributed by atoms with Gasteiger partial charge in [0.2, 0.25) is 5.91 Å². The van der Waals surface area contributed by atoms with Crippen molar-refractivity contribution in [3.63, 3.8) is 0 Å². The Morgan fingerprint density at radius 1 is 1.23 bits per heavy atom. The van der Waals surface area contributed by atoms with E-state index >= 15 is 0 Å². The van der Waals surface area contributed by atoms with E-state index in [0.29, 0.717) is 6.54 Å². The van der Waals surface area contributed by atoms with E-state index in [-0.39, 0.29) is 5.41 Å². The Bertz CT molecular complexity index is 660.